The molecule has 14 heavy (non-hydrogen) atoms. The van der Waals surface area contributed by atoms with E-state index in [1.165, 1.54) is 29.7 Å². The van der Waals surface area contributed by atoms with Crippen molar-refractivity contribution in [3.05, 3.63) is 34.9 Å². The third-order valence-corrected chi connectivity index (χ3v) is 3.48. The number of hydrogen-bond acceptors (Lipinski definition) is 1. The normalized spacial score (nSPS) is 26.8. The molecule has 2 unspecified atom stereocenters. The molecule has 0 bridgehead atoms. The number of nitrogens with one attached hydrogen (secondary N) is 1. The fourth-order valence-corrected chi connectivity index (χ4v) is 2.31. The van der Waals surface area contributed by atoms with Crippen LogP contribution in [0.3, 0.4) is 0 Å². The minimum atomic E-state index is 0.636. The van der Waals surface area contributed by atoms with Crippen molar-refractivity contribution in [1.82, 2.24) is 5.32 Å². The zero-order chi connectivity index (χ0) is 10.1. The molecular weight excluding hydrogens is 170 g/mol. The summed E-state index contributed by atoms with van der Waals surface area (Å²) in [6.45, 7) is 7.83. The quantitative estimate of drug-likeness (QED) is 0.716. The molecule has 1 N–H and O–H groups in total. The van der Waals surface area contributed by atoms with Crippen molar-refractivity contribution in [2.24, 2.45) is 0 Å². The molecular formula is C13H19N. The Balaban J connectivity index is 2.28. The summed E-state index contributed by atoms with van der Waals surface area (Å²) in [5, 5.41) is 3.50. The Morgan fingerprint density at radius 1 is 1.21 bits per heavy atom. The van der Waals surface area contributed by atoms with Crippen molar-refractivity contribution in [2.75, 3.05) is 6.54 Å². The van der Waals surface area contributed by atoms with Crippen molar-refractivity contribution < 1.29 is 0 Å². The molecule has 1 saturated heterocycles. The van der Waals surface area contributed by atoms with E-state index in [2.05, 4.69) is 44.3 Å². The average Bonchev–Trinajstić information content (AvgIpc) is 2.57. The van der Waals surface area contributed by atoms with E-state index in [1.807, 2.05) is 0 Å². The van der Waals surface area contributed by atoms with Gasteiger partial charge in [0.05, 0.1) is 0 Å². The molecule has 1 heterocycles. The zero-order valence-corrected chi connectivity index (χ0v) is 9.30. The fraction of sp³-hybridized carbons (Fsp3) is 0.538. The van der Waals surface area contributed by atoms with Gasteiger partial charge in [-0.05, 0) is 50.4 Å². The number of rotatable bonds is 1. The van der Waals surface area contributed by atoms with Crippen LogP contribution in [-0.2, 0) is 0 Å². The molecule has 0 amide bonds. The number of hydrogen-bond donors (Lipinski definition) is 1. The van der Waals surface area contributed by atoms with Crippen LogP contribution < -0.4 is 5.32 Å². The van der Waals surface area contributed by atoms with Gasteiger partial charge >= 0.3 is 0 Å². The molecule has 2 atom stereocenters. The predicted molar refractivity (Wildman–Crippen MR) is 60.7 cm³/mol. The van der Waals surface area contributed by atoms with Crippen molar-refractivity contribution in [3.63, 3.8) is 0 Å². The number of aryl methyl sites for hydroxylation is 2. The van der Waals surface area contributed by atoms with Crippen LogP contribution >= 0.6 is 0 Å². The lowest BCUT2D eigenvalue weighted by molar-refractivity contribution is 0.594. The minimum absolute atomic E-state index is 0.636. The van der Waals surface area contributed by atoms with Gasteiger partial charge in [0, 0.05) is 12.0 Å². The molecule has 0 aliphatic carbocycles. The summed E-state index contributed by atoms with van der Waals surface area (Å²) in [7, 11) is 0. The lowest BCUT2D eigenvalue weighted by atomic mass is 9.91. The summed E-state index contributed by atoms with van der Waals surface area (Å²) in [4.78, 5) is 0. The van der Waals surface area contributed by atoms with E-state index in [0.717, 1.165) is 0 Å². The lowest BCUT2D eigenvalue weighted by Gasteiger charge is -2.16. The highest BCUT2D eigenvalue weighted by atomic mass is 14.9. The second-order valence-electron chi connectivity index (χ2n) is 4.48. The maximum Gasteiger partial charge on any atom is 0.0108 e. The first-order valence-electron chi connectivity index (χ1n) is 5.49. The van der Waals surface area contributed by atoms with Crippen LogP contribution in [0.15, 0.2) is 18.2 Å². The van der Waals surface area contributed by atoms with Crippen molar-refractivity contribution in [3.8, 4) is 0 Å². The Hall–Kier alpha value is -0.820. The van der Waals surface area contributed by atoms with Crippen LogP contribution in [0.2, 0.25) is 0 Å². The molecule has 1 aliphatic rings. The maximum atomic E-state index is 3.50. The van der Waals surface area contributed by atoms with Gasteiger partial charge in [-0.25, -0.2) is 0 Å². The molecule has 1 fully saturated rings. The molecule has 0 radical (unpaired) electrons. The standard InChI is InChI=1S/C13H19N/c1-9-4-5-12(8-10(9)2)13-6-7-14-11(13)3/h4-5,8,11,13-14H,6-7H2,1-3H3. The Kier molecular flexibility index (Phi) is 2.60. The van der Waals surface area contributed by atoms with Crippen molar-refractivity contribution >= 4 is 0 Å². The van der Waals surface area contributed by atoms with Gasteiger partial charge in [0.25, 0.3) is 0 Å². The summed E-state index contributed by atoms with van der Waals surface area (Å²) in [5.74, 6) is 0.717. The van der Waals surface area contributed by atoms with Crippen LogP contribution in [0.5, 0.6) is 0 Å². The lowest BCUT2D eigenvalue weighted by Crippen LogP contribution is -2.21. The topological polar surface area (TPSA) is 12.0 Å². The zero-order valence-electron chi connectivity index (χ0n) is 9.30. The first kappa shape index (κ1) is 9.72. The van der Waals surface area contributed by atoms with Gasteiger partial charge in [-0.3, -0.25) is 0 Å². The summed E-state index contributed by atoms with van der Waals surface area (Å²) in [5.41, 5.74) is 4.32. The smallest absolute Gasteiger partial charge is 0.0108 e. The molecule has 1 aliphatic heterocycles. The highest BCUT2D eigenvalue weighted by Crippen LogP contribution is 2.28. The Bertz CT molecular complexity index is 330. The van der Waals surface area contributed by atoms with Crippen LogP contribution in [0, 0.1) is 13.8 Å². The Morgan fingerprint density at radius 3 is 2.57 bits per heavy atom. The third-order valence-electron chi connectivity index (χ3n) is 3.48. The summed E-state index contributed by atoms with van der Waals surface area (Å²) < 4.78 is 0. The monoisotopic (exact) mass is 189 g/mol. The molecule has 2 rings (SSSR count). The van der Waals surface area contributed by atoms with Crippen LogP contribution in [0.25, 0.3) is 0 Å². The molecule has 1 aromatic rings. The average molecular weight is 189 g/mol. The first-order valence-corrected chi connectivity index (χ1v) is 5.49. The van der Waals surface area contributed by atoms with E-state index >= 15 is 0 Å². The SMILES string of the molecule is Cc1ccc(C2CCNC2C)cc1C. The van der Waals surface area contributed by atoms with Gasteiger partial charge in [-0.15, -0.1) is 0 Å². The second-order valence-corrected chi connectivity index (χ2v) is 4.48. The molecule has 1 aromatic carbocycles. The Morgan fingerprint density at radius 2 is 2.00 bits per heavy atom. The summed E-state index contributed by atoms with van der Waals surface area (Å²) >= 11 is 0. The molecule has 0 spiro atoms. The summed E-state index contributed by atoms with van der Waals surface area (Å²) in [6.07, 6.45) is 1.28. The number of benzene rings is 1. The highest BCUT2D eigenvalue weighted by Gasteiger charge is 2.24. The van der Waals surface area contributed by atoms with Gasteiger partial charge in [0.2, 0.25) is 0 Å². The van der Waals surface area contributed by atoms with Gasteiger partial charge in [-0.2, -0.15) is 0 Å². The fourth-order valence-electron chi connectivity index (χ4n) is 2.31. The van der Waals surface area contributed by atoms with E-state index in [4.69, 9.17) is 0 Å². The van der Waals surface area contributed by atoms with Crippen LogP contribution in [0.1, 0.15) is 36.0 Å². The molecule has 1 nitrogen and oxygen atoms in total. The van der Waals surface area contributed by atoms with E-state index < -0.39 is 0 Å². The van der Waals surface area contributed by atoms with E-state index in [1.54, 1.807) is 0 Å². The van der Waals surface area contributed by atoms with Crippen molar-refractivity contribution in [2.45, 2.75) is 39.2 Å². The molecule has 76 valence electrons. The largest absolute Gasteiger partial charge is 0.314 e. The second kappa shape index (κ2) is 3.74. The van der Waals surface area contributed by atoms with Crippen LogP contribution in [-0.4, -0.2) is 12.6 Å². The first-order chi connectivity index (χ1) is 6.68. The van der Waals surface area contributed by atoms with Gasteiger partial charge in [0.15, 0.2) is 0 Å². The van der Waals surface area contributed by atoms with E-state index in [-0.39, 0.29) is 0 Å². The molecule has 0 aromatic heterocycles. The van der Waals surface area contributed by atoms with Crippen LogP contribution in [0.4, 0.5) is 0 Å². The molecule has 1 heteroatoms. The van der Waals surface area contributed by atoms with Gasteiger partial charge in [-0.1, -0.05) is 18.2 Å². The maximum absolute atomic E-state index is 3.50. The van der Waals surface area contributed by atoms with Crippen molar-refractivity contribution in [1.29, 1.82) is 0 Å². The van der Waals surface area contributed by atoms with E-state index in [0.29, 0.717) is 12.0 Å². The van der Waals surface area contributed by atoms with Gasteiger partial charge < -0.3 is 5.32 Å². The van der Waals surface area contributed by atoms with E-state index in [9.17, 15) is 0 Å². The predicted octanol–water partition coefficient (Wildman–Crippen LogP) is 2.77. The van der Waals surface area contributed by atoms with Gasteiger partial charge in [0.1, 0.15) is 0 Å². The summed E-state index contributed by atoms with van der Waals surface area (Å²) in [6, 6.07) is 7.52. The Labute approximate surface area is 86.5 Å². The third kappa shape index (κ3) is 1.69. The minimum Gasteiger partial charge on any atom is -0.314 e. The highest BCUT2D eigenvalue weighted by molar-refractivity contribution is 5.33. The molecule has 0 saturated carbocycles.